The van der Waals surface area contributed by atoms with Crippen LogP contribution >= 0.6 is 0 Å². The van der Waals surface area contributed by atoms with Gasteiger partial charge in [0, 0.05) is 31.9 Å². The summed E-state index contributed by atoms with van der Waals surface area (Å²) in [5, 5.41) is 0. The van der Waals surface area contributed by atoms with Crippen LogP contribution in [0.2, 0.25) is 0 Å². The second-order valence-corrected chi connectivity index (χ2v) is 7.97. The van der Waals surface area contributed by atoms with E-state index >= 15 is 0 Å². The molecule has 0 aliphatic carbocycles. The summed E-state index contributed by atoms with van der Waals surface area (Å²) < 4.78 is 13.1. The Morgan fingerprint density at radius 3 is 2.67 bits per heavy atom. The predicted molar refractivity (Wildman–Crippen MR) is 102 cm³/mol. The number of pyridine rings is 1. The monoisotopic (exact) mass is 367 g/mol. The molecule has 1 unspecified atom stereocenters. The molecule has 2 fully saturated rings. The minimum atomic E-state index is -0.262. The molecule has 4 rings (SSSR count). The summed E-state index contributed by atoms with van der Waals surface area (Å²) in [7, 11) is 0. The van der Waals surface area contributed by atoms with Crippen LogP contribution in [0.1, 0.15) is 36.2 Å². The third-order valence-electron chi connectivity index (χ3n) is 5.88. The number of piperidine rings is 1. The van der Waals surface area contributed by atoms with E-state index in [2.05, 4.69) is 16.0 Å². The maximum atomic E-state index is 13.3. The molecule has 27 heavy (non-hydrogen) atoms. The molecule has 5 heteroatoms. The van der Waals surface area contributed by atoms with Gasteiger partial charge in [0.2, 0.25) is 5.91 Å². The number of nitrogens with zero attached hydrogens (tertiary/aromatic N) is 3. The third kappa shape index (κ3) is 3.88. The smallest absolute Gasteiger partial charge is 0.230 e. The third-order valence-corrected chi connectivity index (χ3v) is 5.88. The van der Waals surface area contributed by atoms with Crippen LogP contribution in [0.4, 0.5) is 4.39 Å². The number of halogens is 1. The molecule has 1 atom stereocenters. The van der Waals surface area contributed by atoms with Crippen molar-refractivity contribution >= 4 is 5.91 Å². The van der Waals surface area contributed by atoms with Crippen molar-refractivity contribution in [3.05, 3.63) is 65.2 Å². The van der Waals surface area contributed by atoms with E-state index in [0.717, 1.165) is 62.4 Å². The lowest BCUT2D eigenvalue weighted by molar-refractivity contribution is -0.146. The number of aromatic nitrogens is 1. The standard InChI is InChI=1S/C22H26FN3O/c1-17-4-2-5-20(24-17)15-25-13-11-22(16-25)10-3-12-26(21(22)27)14-18-6-8-19(23)9-7-18/h2,4-9H,3,10-16H2,1H3. The molecule has 0 bridgehead atoms. The first-order valence-corrected chi connectivity index (χ1v) is 9.73. The Bertz CT molecular complexity index is 823. The van der Waals surface area contributed by atoms with Gasteiger partial charge in [-0.2, -0.15) is 0 Å². The fraction of sp³-hybridized carbons (Fsp3) is 0.455. The van der Waals surface area contributed by atoms with Crippen molar-refractivity contribution in [2.24, 2.45) is 5.41 Å². The van der Waals surface area contributed by atoms with Crippen molar-refractivity contribution in [1.82, 2.24) is 14.8 Å². The second kappa shape index (κ2) is 7.39. The summed E-state index contributed by atoms with van der Waals surface area (Å²) in [6.45, 7) is 5.91. The Labute approximate surface area is 160 Å². The number of carbonyl (C=O) groups is 1. The molecule has 0 N–H and O–H groups in total. The molecule has 4 nitrogen and oxygen atoms in total. The van der Waals surface area contributed by atoms with Crippen LogP contribution in [0, 0.1) is 18.2 Å². The van der Waals surface area contributed by atoms with E-state index in [0.29, 0.717) is 6.54 Å². The number of likely N-dealkylation sites (tertiary alicyclic amines) is 2. The first-order valence-electron chi connectivity index (χ1n) is 9.73. The molecular weight excluding hydrogens is 341 g/mol. The van der Waals surface area contributed by atoms with E-state index < -0.39 is 0 Å². The van der Waals surface area contributed by atoms with Gasteiger partial charge in [0.15, 0.2) is 0 Å². The number of carbonyl (C=O) groups excluding carboxylic acids is 1. The first kappa shape index (κ1) is 18.1. The Balaban J connectivity index is 1.43. The van der Waals surface area contributed by atoms with Crippen molar-refractivity contribution < 1.29 is 9.18 Å². The van der Waals surface area contributed by atoms with Crippen molar-refractivity contribution in [3.63, 3.8) is 0 Å². The van der Waals surface area contributed by atoms with E-state index in [1.165, 1.54) is 12.1 Å². The highest BCUT2D eigenvalue weighted by molar-refractivity contribution is 5.84. The zero-order chi connectivity index (χ0) is 18.9. The van der Waals surface area contributed by atoms with Gasteiger partial charge in [-0.05, 0) is 62.6 Å². The van der Waals surface area contributed by atoms with Gasteiger partial charge in [0.05, 0.1) is 11.1 Å². The minimum Gasteiger partial charge on any atom is -0.338 e. The van der Waals surface area contributed by atoms with Crippen molar-refractivity contribution in [2.75, 3.05) is 19.6 Å². The summed E-state index contributed by atoms with van der Waals surface area (Å²) in [5.74, 6) is 0.0224. The molecule has 2 aliphatic rings. The maximum Gasteiger partial charge on any atom is 0.230 e. The number of amides is 1. The largest absolute Gasteiger partial charge is 0.338 e. The van der Waals surface area contributed by atoms with Gasteiger partial charge in [-0.3, -0.25) is 14.7 Å². The number of rotatable bonds is 4. The lowest BCUT2D eigenvalue weighted by Gasteiger charge is -2.39. The quantitative estimate of drug-likeness (QED) is 0.829. The van der Waals surface area contributed by atoms with Crippen LogP contribution in [-0.4, -0.2) is 40.3 Å². The lowest BCUT2D eigenvalue weighted by Crippen LogP contribution is -2.49. The molecule has 1 amide bonds. The Kier molecular flexibility index (Phi) is 4.96. The first-order chi connectivity index (χ1) is 13.0. The number of benzene rings is 1. The van der Waals surface area contributed by atoms with Gasteiger partial charge < -0.3 is 4.90 Å². The summed E-state index contributed by atoms with van der Waals surface area (Å²) >= 11 is 0. The average Bonchev–Trinajstić information content (AvgIpc) is 3.04. The zero-order valence-electron chi connectivity index (χ0n) is 15.8. The van der Waals surface area contributed by atoms with Crippen LogP contribution in [0.5, 0.6) is 0 Å². The average molecular weight is 367 g/mol. The topological polar surface area (TPSA) is 36.4 Å². The lowest BCUT2D eigenvalue weighted by atomic mass is 9.78. The van der Waals surface area contributed by atoms with Crippen LogP contribution < -0.4 is 0 Å². The van der Waals surface area contributed by atoms with Gasteiger partial charge in [-0.25, -0.2) is 4.39 Å². The van der Waals surface area contributed by atoms with Gasteiger partial charge in [0.1, 0.15) is 5.82 Å². The maximum absolute atomic E-state index is 13.3. The highest BCUT2D eigenvalue weighted by Gasteiger charge is 2.48. The number of hydrogen-bond acceptors (Lipinski definition) is 3. The zero-order valence-corrected chi connectivity index (χ0v) is 15.8. The highest BCUT2D eigenvalue weighted by Crippen LogP contribution is 2.40. The van der Waals surface area contributed by atoms with Gasteiger partial charge in [-0.15, -0.1) is 0 Å². The SMILES string of the molecule is Cc1cccc(CN2CCC3(CCCN(Cc4ccc(F)cc4)C3=O)C2)n1. The number of aryl methyl sites for hydroxylation is 1. The normalized spacial score (nSPS) is 23.3. The van der Waals surface area contributed by atoms with E-state index in [9.17, 15) is 9.18 Å². The summed E-state index contributed by atoms with van der Waals surface area (Å²) in [4.78, 5) is 22.2. The fourth-order valence-electron chi connectivity index (χ4n) is 4.50. The molecule has 1 aromatic heterocycles. The van der Waals surface area contributed by atoms with Crippen molar-refractivity contribution in [3.8, 4) is 0 Å². The molecular formula is C22H26FN3O. The van der Waals surface area contributed by atoms with E-state index in [1.807, 2.05) is 24.0 Å². The molecule has 0 radical (unpaired) electrons. The molecule has 1 spiro atoms. The molecule has 3 heterocycles. The van der Waals surface area contributed by atoms with Crippen LogP contribution in [0.3, 0.4) is 0 Å². The number of hydrogen-bond donors (Lipinski definition) is 0. The Morgan fingerprint density at radius 2 is 1.89 bits per heavy atom. The summed E-state index contributed by atoms with van der Waals surface area (Å²) in [5.41, 5.74) is 2.82. The molecule has 1 aromatic carbocycles. The summed E-state index contributed by atoms with van der Waals surface area (Å²) in [6, 6.07) is 12.6. The minimum absolute atomic E-state index is 0.239. The van der Waals surface area contributed by atoms with E-state index in [-0.39, 0.29) is 17.1 Å². The van der Waals surface area contributed by atoms with Gasteiger partial charge in [0.25, 0.3) is 0 Å². The van der Waals surface area contributed by atoms with E-state index in [1.54, 1.807) is 12.1 Å². The van der Waals surface area contributed by atoms with E-state index in [4.69, 9.17) is 0 Å². The van der Waals surface area contributed by atoms with Crippen LogP contribution in [0.15, 0.2) is 42.5 Å². The molecule has 2 aromatic rings. The van der Waals surface area contributed by atoms with Crippen molar-refractivity contribution in [2.45, 2.75) is 39.3 Å². The predicted octanol–water partition coefficient (Wildman–Crippen LogP) is 3.54. The molecule has 142 valence electrons. The second-order valence-electron chi connectivity index (χ2n) is 7.97. The van der Waals surface area contributed by atoms with Crippen LogP contribution in [-0.2, 0) is 17.9 Å². The van der Waals surface area contributed by atoms with Gasteiger partial charge in [-0.1, -0.05) is 18.2 Å². The Hall–Kier alpha value is -2.27. The highest BCUT2D eigenvalue weighted by atomic mass is 19.1. The van der Waals surface area contributed by atoms with Crippen LogP contribution in [0.25, 0.3) is 0 Å². The molecule has 2 saturated heterocycles. The van der Waals surface area contributed by atoms with Crippen molar-refractivity contribution in [1.29, 1.82) is 0 Å². The fourth-order valence-corrected chi connectivity index (χ4v) is 4.50. The Morgan fingerprint density at radius 1 is 1.07 bits per heavy atom. The molecule has 0 saturated carbocycles. The van der Waals surface area contributed by atoms with Gasteiger partial charge >= 0.3 is 0 Å². The summed E-state index contributed by atoms with van der Waals surface area (Å²) in [6.07, 6.45) is 2.91. The molecule has 2 aliphatic heterocycles.